The Balaban J connectivity index is 2.14. The average Bonchev–Trinajstić information content (AvgIpc) is 2.66. The minimum Gasteiger partial charge on any atom is -0.371 e. The van der Waals surface area contributed by atoms with E-state index in [1.807, 2.05) is 13.0 Å². The van der Waals surface area contributed by atoms with Crippen LogP contribution in [0.3, 0.4) is 0 Å². The van der Waals surface area contributed by atoms with E-state index in [4.69, 9.17) is 4.18 Å². The van der Waals surface area contributed by atoms with E-state index in [-0.39, 0.29) is 6.04 Å². The molecule has 0 radical (unpaired) electrons. The first-order valence-electron chi connectivity index (χ1n) is 5.36. The molecule has 0 unspecified atom stereocenters. The zero-order chi connectivity index (χ0) is 11.6. The summed E-state index contributed by atoms with van der Waals surface area (Å²) >= 11 is 0. The molecule has 1 fully saturated rings. The predicted octanol–water partition coefficient (Wildman–Crippen LogP) is 1.79. The highest BCUT2D eigenvalue weighted by molar-refractivity contribution is 7.84. The Bertz CT molecular complexity index is 444. The molecule has 0 N–H and O–H groups in total. The van der Waals surface area contributed by atoms with Crippen molar-refractivity contribution in [1.82, 2.24) is 4.31 Å². The molecule has 5 heteroatoms. The number of hydrogen-bond donors (Lipinski definition) is 0. The van der Waals surface area contributed by atoms with Gasteiger partial charge in [-0.1, -0.05) is 18.2 Å². The van der Waals surface area contributed by atoms with Gasteiger partial charge in [0, 0.05) is 12.6 Å². The minimum atomic E-state index is -3.63. The second-order valence-corrected chi connectivity index (χ2v) is 5.45. The third-order valence-electron chi connectivity index (χ3n) is 2.72. The van der Waals surface area contributed by atoms with Gasteiger partial charge in [-0.15, -0.1) is 0 Å². The average molecular weight is 241 g/mol. The molecule has 1 saturated heterocycles. The number of hydrogen-bond acceptors (Lipinski definition) is 3. The molecule has 16 heavy (non-hydrogen) atoms. The fourth-order valence-corrected chi connectivity index (χ4v) is 3.23. The van der Waals surface area contributed by atoms with Crippen molar-refractivity contribution in [3.8, 4) is 5.75 Å². The molecule has 1 aliphatic rings. The smallest absolute Gasteiger partial charge is 0.371 e. The summed E-state index contributed by atoms with van der Waals surface area (Å²) in [5, 5.41) is 0. The van der Waals surface area contributed by atoms with Gasteiger partial charge in [-0.2, -0.15) is 12.7 Å². The molecular weight excluding hydrogens is 226 g/mol. The fraction of sp³-hybridized carbons (Fsp3) is 0.455. The Morgan fingerprint density at radius 3 is 2.56 bits per heavy atom. The van der Waals surface area contributed by atoms with E-state index >= 15 is 0 Å². The lowest BCUT2D eigenvalue weighted by molar-refractivity contribution is 0.353. The zero-order valence-corrected chi connectivity index (χ0v) is 9.98. The molecule has 1 aliphatic heterocycles. The Kier molecular flexibility index (Phi) is 3.16. The SMILES string of the molecule is C[C@@H]1CCCN1S(=O)(=O)Oc1ccccc1. The standard InChI is InChI=1S/C11H15NO3S/c1-10-6-5-9-12(10)16(13,14)15-11-7-3-2-4-8-11/h2-4,7-8,10H,5-6,9H2,1H3/t10-/m1/s1. The Labute approximate surface area is 96.1 Å². The van der Waals surface area contributed by atoms with Crippen LogP contribution in [0.15, 0.2) is 30.3 Å². The van der Waals surface area contributed by atoms with Gasteiger partial charge in [0.2, 0.25) is 0 Å². The predicted molar refractivity (Wildman–Crippen MR) is 61.4 cm³/mol. The summed E-state index contributed by atoms with van der Waals surface area (Å²) in [4.78, 5) is 0. The number of para-hydroxylation sites is 1. The van der Waals surface area contributed by atoms with Gasteiger partial charge < -0.3 is 4.18 Å². The molecule has 88 valence electrons. The van der Waals surface area contributed by atoms with Crippen molar-refractivity contribution in [3.05, 3.63) is 30.3 Å². The fourth-order valence-electron chi connectivity index (χ4n) is 1.88. The van der Waals surface area contributed by atoms with Crippen LogP contribution in [0.2, 0.25) is 0 Å². The topological polar surface area (TPSA) is 46.6 Å². The second-order valence-electron chi connectivity index (χ2n) is 3.96. The normalized spacial score (nSPS) is 22.2. The number of rotatable bonds is 3. The lowest BCUT2D eigenvalue weighted by Crippen LogP contribution is -2.36. The van der Waals surface area contributed by atoms with E-state index in [0.717, 1.165) is 12.8 Å². The van der Waals surface area contributed by atoms with Crippen LogP contribution in [0.4, 0.5) is 0 Å². The lowest BCUT2D eigenvalue weighted by atomic mass is 10.3. The highest BCUT2D eigenvalue weighted by Crippen LogP contribution is 2.23. The van der Waals surface area contributed by atoms with Crippen LogP contribution in [0.25, 0.3) is 0 Å². The van der Waals surface area contributed by atoms with Crippen molar-refractivity contribution in [2.24, 2.45) is 0 Å². The van der Waals surface area contributed by atoms with Gasteiger partial charge >= 0.3 is 10.3 Å². The maximum Gasteiger partial charge on any atom is 0.385 e. The monoisotopic (exact) mass is 241 g/mol. The first-order valence-corrected chi connectivity index (χ1v) is 6.72. The van der Waals surface area contributed by atoms with Gasteiger partial charge in [0.05, 0.1) is 0 Å². The van der Waals surface area contributed by atoms with Gasteiger partial charge in [0.15, 0.2) is 0 Å². The molecule has 1 atom stereocenters. The molecule has 0 amide bonds. The first-order chi connectivity index (χ1) is 7.59. The van der Waals surface area contributed by atoms with Crippen molar-refractivity contribution >= 4 is 10.3 Å². The molecular formula is C11H15NO3S. The molecule has 1 aromatic rings. The summed E-state index contributed by atoms with van der Waals surface area (Å²) in [6, 6.07) is 8.62. The quantitative estimate of drug-likeness (QED) is 0.810. The molecule has 4 nitrogen and oxygen atoms in total. The molecule has 0 bridgehead atoms. The second kappa shape index (κ2) is 4.43. The molecule has 1 aromatic carbocycles. The van der Waals surface area contributed by atoms with Gasteiger partial charge in [-0.3, -0.25) is 0 Å². The van der Waals surface area contributed by atoms with Gasteiger partial charge in [-0.05, 0) is 31.9 Å². The summed E-state index contributed by atoms with van der Waals surface area (Å²) in [7, 11) is -3.63. The van der Waals surface area contributed by atoms with Crippen LogP contribution < -0.4 is 4.18 Å². The van der Waals surface area contributed by atoms with E-state index in [1.54, 1.807) is 24.3 Å². The lowest BCUT2D eigenvalue weighted by Gasteiger charge is -2.20. The van der Waals surface area contributed by atoms with Crippen molar-refractivity contribution in [2.75, 3.05) is 6.54 Å². The van der Waals surface area contributed by atoms with E-state index in [0.29, 0.717) is 12.3 Å². The van der Waals surface area contributed by atoms with E-state index < -0.39 is 10.3 Å². The van der Waals surface area contributed by atoms with Gasteiger partial charge in [0.25, 0.3) is 0 Å². The maximum atomic E-state index is 11.9. The van der Waals surface area contributed by atoms with Crippen LogP contribution in [0.1, 0.15) is 19.8 Å². The summed E-state index contributed by atoms with van der Waals surface area (Å²) < 4.78 is 30.3. The van der Waals surface area contributed by atoms with Crippen LogP contribution in [0, 0.1) is 0 Å². The maximum absolute atomic E-state index is 11.9. The number of nitrogens with zero attached hydrogens (tertiary/aromatic N) is 1. The van der Waals surface area contributed by atoms with Gasteiger partial charge in [0.1, 0.15) is 5.75 Å². The zero-order valence-electron chi connectivity index (χ0n) is 9.17. The third kappa shape index (κ3) is 2.36. The molecule has 0 spiro atoms. The van der Waals surface area contributed by atoms with Crippen molar-refractivity contribution < 1.29 is 12.6 Å². The van der Waals surface area contributed by atoms with Crippen molar-refractivity contribution in [2.45, 2.75) is 25.8 Å². The van der Waals surface area contributed by atoms with Crippen LogP contribution in [0.5, 0.6) is 5.75 Å². The molecule has 0 aliphatic carbocycles. The highest BCUT2D eigenvalue weighted by Gasteiger charge is 2.32. The van der Waals surface area contributed by atoms with Crippen LogP contribution >= 0.6 is 0 Å². The van der Waals surface area contributed by atoms with Crippen molar-refractivity contribution in [1.29, 1.82) is 0 Å². The third-order valence-corrected chi connectivity index (χ3v) is 4.24. The Morgan fingerprint density at radius 2 is 2.00 bits per heavy atom. The van der Waals surface area contributed by atoms with E-state index in [2.05, 4.69) is 0 Å². The highest BCUT2D eigenvalue weighted by atomic mass is 32.2. The number of benzene rings is 1. The van der Waals surface area contributed by atoms with E-state index in [9.17, 15) is 8.42 Å². The minimum absolute atomic E-state index is 0.0358. The van der Waals surface area contributed by atoms with Crippen molar-refractivity contribution in [3.63, 3.8) is 0 Å². The summed E-state index contributed by atoms with van der Waals surface area (Å²) in [6.45, 7) is 2.45. The van der Waals surface area contributed by atoms with Crippen LogP contribution in [-0.2, 0) is 10.3 Å². The summed E-state index contributed by atoms with van der Waals surface area (Å²) in [6.07, 6.45) is 1.80. The Hall–Kier alpha value is -1.07. The Morgan fingerprint density at radius 1 is 1.31 bits per heavy atom. The summed E-state index contributed by atoms with van der Waals surface area (Å²) in [5.74, 6) is 0.363. The van der Waals surface area contributed by atoms with Gasteiger partial charge in [-0.25, -0.2) is 0 Å². The molecule has 2 rings (SSSR count). The molecule has 1 heterocycles. The van der Waals surface area contributed by atoms with E-state index in [1.165, 1.54) is 4.31 Å². The molecule has 0 saturated carbocycles. The summed E-state index contributed by atoms with van der Waals surface area (Å²) in [5.41, 5.74) is 0. The molecule has 0 aromatic heterocycles. The van der Waals surface area contributed by atoms with Crippen LogP contribution in [-0.4, -0.2) is 25.3 Å². The largest absolute Gasteiger partial charge is 0.385 e. The first kappa shape index (κ1) is 11.4.